The van der Waals surface area contributed by atoms with Gasteiger partial charge in [0.25, 0.3) is 0 Å². The second kappa shape index (κ2) is 5.31. The van der Waals surface area contributed by atoms with Crippen LogP contribution in [0.2, 0.25) is 0 Å². The summed E-state index contributed by atoms with van der Waals surface area (Å²) < 4.78 is 11.8. The lowest BCUT2D eigenvalue weighted by molar-refractivity contribution is -0.0929. The fourth-order valence-corrected chi connectivity index (χ4v) is 3.61. The topological polar surface area (TPSA) is 64.5 Å². The SMILES string of the molecule is Nc1ccc2oc(CN3CCOC4CCCCC43)nc2c1. The van der Waals surface area contributed by atoms with Gasteiger partial charge < -0.3 is 14.9 Å². The Bertz CT molecular complexity index is 637. The van der Waals surface area contributed by atoms with Crippen LogP contribution in [0, 0.1) is 0 Å². The first kappa shape index (κ1) is 13.1. The summed E-state index contributed by atoms with van der Waals surface area (Å²) in [5.41, 5.74) is 8.18. The molecule has 1 aromatic heterocycles. The van der Waals surface area contributed by atoms with Gasteiger partial charge in [-0.25, -0.2) is 4.98 Å². The van der Waals surface area contributed by atoms with Crippen LogP contribution in [0.15, 0.2) is 22.6 Å². The van der Waals surface area contributed by atoms with Gasteiger partial charge >= 0.3 is 0 Å². The molecule has 2 unspecified atom stereocenters. The summed E-state index contributed by atoms with van der Waals surface area (Å²) in [4.78, 5) is 7.05. The third-order valence-corrected chi connectivity index (χ3v) is 4.64. The maximum atomic E-state index is 5.92. The van der Waals surface area contributed by atoms with Crippen LogP contribution in [0.25, 0.3) is 11.1 Å². The van der Waals surface area contributed by atoms with E-state index in [4.69, 9.17) is 14.9 Å². The van der Waals surface area contributed by atoms with Crippen molar-refractivity contribution in [2.24, 2.45) is 0 Å². The smallest absolute Gasteiger partial charge is 0.209 e. The molecular formula is C16H21N3O2. The van der Waals surface area contributed by atoms with Crippen LogP contribution in [0.4, 0.5) is 5.69 Å². The standard InChI is InChI=1S/C16H21N3O2/c17-11-5-6-14-12(9-11)18-16(21-14)10-19-7-8-20-15-4-2-1-3-13(15)19/h5-6,9,13,15H,1-4,7-8,10,17H2. The highest BCUT2D eigenvalue weighted by molar-refractivity contribution is 5.76. The third kappa shape index (κ3) is 2.51. The average molecular weight is 287 g/mol. The van der Waals surface area contributed by atoms with E-state index in [1.54, 1.807) is 0 Å². The highest BCUT2D eigenvalue weighted by atomic mass is 16.5. The van der Waals surface area contributed by atoms with E-state index < -0.39 is 0 Å². The molecule has 5 nitrogen and oxygen atoms in total. The Kier molecular flexibility index (Phi) is 3.31. The van der Waals surface area contributed by atoms with Crippen molar-refractivity contribution in [3.63, 3.8) is 0 Å². The van der Waals surface area contributed by atoms with Crippen molar-refractivity contribution in [1.29, 1.82) is 0 Å². The van der Waals surface area contributed by atoms with E-state index in [0.29, 0.717) is 12.1 Å². The van der Waals surface area contributed by atoms with Gasteiger partial charge in [-0.3, -0.25) is 4.90 Å². The van der Waals surface area contributed by atoms with E-state index in [2.05, 4.69) is 9.88 Å². The molecule has 0 amide bonds. The van der Waals surface area contributed by atoms with Crippen LogP contribution in [0.5, 0.6) is 0 Å². The van der Waals surface area contributed by atoms with Gasteiger partial charge in [-0.15, -0.1) is 0 Å². The van der Waals surface area contributed by atoms with Gasteiger partial charge in [-0.05, 0) is 31.0 Å². The Morgan fingerprint density at radius 1 is 1.29 bits per heavy atom. The number of anilines is 1. The van der Waals surface area contributed by atoms with E-state index in [1.165, 1.54) is 25.7 Å². The van der Waals surface area contributed by atoms with Crippen LogP contribution in [-0.2, 0) is 11.3 Å². The molecule has 2 heterocycles. The lowest BCUT2D eigenvalue weighted by Crippen LogP contribution is -2.52. The van der Waals surface area contributed by atoms with Gasteiger partial charge in [0.2, 0.25) is 5.89 Å². The first-order valence-corrected chi connectivity index (χ1v) is 7.80. The van der Waals surface area contributed by atoms with Crippen molar-refractivity contribution in [3.05, 3.63) is 24.1 Å². The first-order chi connectivity index (χ1) is 10.3. The molecule has 0 spiro atoms. The lowest BCUT2D eigenvalue weighted by atomic mass is 9.90. The molecule has 2 fully saturated rings. The summed E-state index contributed by atoms with van der Waals surface area (Å²) in [6, 6.07) is 6.13. The number of benzene rings is 1. The molecule has 1 aliphatic carbocycles. The van der Waals surface area contributed by atoms with Crippen molar-refractivity contribution in [2.45, 2.75) is 44.4 Å². The minimum atomic E-state index is 0.396. The number of hydrogen-bond acceptors (Lipinski definition) is 5. The van der Waals surface area contributed by atoms with Gasteiger partial charge in [0.15, 0.2) is 5.58 Å². The van der Waals surface area contributed by atoms with E-state index in [1.807, 2.05) is 18.2 Å². The number of rotatable bonds is 2. The number of ether oxygens (including phenoxy) is 1. The van der Waals surface area contributed by atoms with Crippen molar-refractivity contribution >= 4 is 16.8 Å². The van der Waals surface area contributed by atoms with Gasteiger partial charge in [0, 0.05) is 18.3 Å². The number of fused-ring (bicyclic) bond motifs is 2. The molecule has 2 aliphatic rings. The number of nitrogens with two attached hydrogens (primary N) is 1. The minimum Gasteiger partial charge on any atom is -0.439 e. The van der Waals surface area contributed by atoms with E-state index >= 15 is 0 Å². The number of nitrogen functional groups attached to an aromatic ring is 1. The molecular weight excluding hydrogens is 266 g/mol. The summed E-state index contributed by atoms with van der Waals surface area (Å²) in [6.07, 6.45) is 5.39. The molecule has 0 bridgehead atoms. The fraction of sp³-hybridized carbons (Fsp3) is 0.562. The summed E-state index contributed by atoms with van der Waals surface area (Å²) in [6.45, 7) is 2.54. The molecule has 1 saturated carbocycles. The Morgan fingerprint density at radius 3 is 3.14 bits per heavy atom. The maximum absolute atomic E-state index is 5.92. The molecule has 2 aromatic rings. The van der Waals surface area contributed by atoms with Crippen LogP contribution in [-0.4, -0.2) is 35.2 Å². The van der Waals surface area contributed by atoms with Gasteiger partial charge in [0.1, 0.15) is 5.52 Å². The molecule has 112 valence electrons. The summed E-state index contributed by atoms with van der Waals surface area (Å²) in [5.74, 6) is 0.779. The van der Waals surface area contributed by atoms with E-state index in [-0.39, 0.29) is 0 Å². The summed E-state index contributed by atoms with van der Waals surface area (Å²) >= 11 is 0. The lowest BCUT2D eigenvalue weighted by Gasteiger charge is -2.43. The Morgan fingerprint density at radius 2 is 2.19 bits per heavy atom. The average Bonchev–Trinajstić information content (AvgIpc) is 2.89. The molecule has 0 radical (unpaired) electrons. The highest BCUT2D eigenvalue weighted by Crippen LogP contribution is 2.30. The molecule has 4 rings (SSSR count). The van der Waals surface area contributed by atoms with Crippen molar-refractivity contribution in [1.82, 2.24) is 9.88 Å². The van der Waals surface area contributed by atoms with Gasteiger partial charge in [0.05, 0.1) is 19.3 Å². The third-order valence-electron chi connectivity index (χ3n) is 4.64. The highest BCUT2D eigenvalue weighted by Gasteiger charge is 2.34. The zero-order chi connectivity index (χ0) is 14.2. The summed E-state index contributed by atoms with van der Waals surface area (Å²) in [5, 5.41) is 0. The van der Waals surface area contributed by atoms with Crippen molar-refractivity contribution < 1.29 is 9.15 Å². The zero-order valence-electron chi connectivity index (χ0n) is 12.1. The maximum Gasteiger partial charge on any atom is 0.209 e. The second-order valence-corrected chi connectivity index (χ2v) is 6.07. The van der Waals surface area contributed by atoms with Crippen molar-refractivity contribution in [2.75, 3.05) is 18.9 Å². The normalized spacial score (nSPS) is 26.9. The Labute approximate surface area is 124 Å². The Hall–Kier alpha value is -1.59. The quantitative estimate of drug-likeness (QED) is 0.860. The van der Waals surface area contributed by atoms with E-state index in [9.17, 15) is 0 Å². The number of hydrogen-bond donors (Lipinski definition) is 1. The zero-order valence-corrected chi connectivity index (χ0v) is 12.1. The Balaban J connectivity index is 1.55. The van der Waals surface area contributed by atoms with Crippen molar-refractivity contribution in [3.8, 4) is 0 Å². The monoisotopic (exact) mass is 287 g/mol. The van der Waals surface area contributed by atoms with E-state index in [0.717, 1.165) is 42.4 Å². The molecule has 1 aliphatic heterocycles. The van der Waals surface area contributed by atoms with Gasteiger partial charge in [-0.2, -0.15) is 0 Å². The van der Waals surface area contributed by atoms with Crippen LogP contribution in [0.1, 0.15) is 31.6 Å². The number of nitrogens with zero attached hydrogens (tertiary/aromatic N) is 2. The fourth-order valence-electron chi connectivity index (χ4n) is 3.61. The first-order valence-electron chi connectivity index (χ1n) is 7.80. The predicted molar refractivity (Wildman–Crippen MR) is 80.8 cm³/mol. The van der Waals surface area contributed by atoms with Crippen LogP contribution < -0.4 is 5.73 Å². The van der Waals surface area contributed by atoms with Crippen LogP contribution >= 0.6 is 0 Å². The minimum absolute atomic E-state index is 0.396. The number of aromatic nitrogens is 1. The molecule has 2 atom stereocenters. The molecule has 1 aromatic carbocycles. The second-order valence-electron chi connectivity index (χ2n) is 6.07. The molecule has 21 heavy (non-hydrogen) atoms. The van der Waals surface area contributed by atoms with Crippen LogP contribution in [0.3, 0.4) is 0 Å². The number of oxazole rings is 1. The van der Waals surface area contributed by atoms with Gasteiger partial charge in [-0.1, -0.05) is 12.8 Å². The molecule has 5 heteroatoms. The predicted octanol–water partition coefficient (Wildman–Crippen LogP) is 2.55. The molecule has 1 saturated heterocycles. The largest absolute Gasteiger partial charge is 0.439 e. The molecule has 2 N–H and O–H groups in total. The summed E-state index contributed by atoms with van der Waals surface area (Å²) in [7, 11) is 0. The number of morpholine rings is 1.